The molecular formula is C24H22Cl2N2O5. The van der Waals surface area contributed by atoms with Gasteiger partial charge in [0.05, 0.1) is 33.8 Å². The van der Waals surface area contributed by atoms with E-state index in [1.165, 1.54) is 29.2 Å². The largest absolute Gasteiger partial charge is 0.452 e. The second-order valence-electron chi connectivity index (χ2n) is 8.44. The Kier molecular flexibility index (Phi) is 6.72. The summed E-state index contributed by atoms with van der Waals surface area (Å²) in [4.78, 5) is 51.6. The van der Waals surface area contributed by atoms with Crippen LogP contribution >= 0.6 is 23.2 Å². The van der Waals surface area contributed by atoms with Gasteiger partial charge in [-0.2, -0.15) is 0 Å². The highest BCUT2D eigenvalue weighted by Gasteiger charge is 2.50. The summed E-state index contributed by atoms with van der Waals surface area (Å²) in [7, 11) is 0. The van der Waals surface area contributed by atoms with Gasteiger partial charge in [-0.3, -0.25) is 19.3 Å². The van der Waals surface area contributed by atoms with Gasteiger partial charge in [0.15, 0.2) is 6.61 Å². The van der Waals surface area contributed by atoms with Gasteiger partial charge in [0.25, 0.3) is 5.91 Å². The van der Waals surface area contributed by atoms with E-state index in [2.05, 4.69) is 12.2 Å². The molecule has 1 saturated heterocycles. The number of esters is 1. The number of carbonyl (C=O) groups is 4. The van der Waals surface area contributed by atoms with Crippen molar-refractivity contribution < 1.29 is 23.9 Å². The normalized spacial score (nSPS) is 22.2. The molecule has 3 atom stereocenters. The Bertz CT molecular complexity index is 1140. The van der Waals surface area contributed by atoms with Crippen LogP contribution in [0.25, 0.3) is 0 Å². The molecule has 0 radical (unpaired) electrons. The summed E-state index contributed by atoms with van der Waals surface area (Å²) in [6.45, 7) is 1.55. The zero-order valence-corrected chi connectivity index (χ0v) is 19.4. The lowest BCUT2D eigenvalue weighted by Crippen LogP contribution is -2.31. The first-order chi connectivity index (χ1) is 15.7. The first-order valence-corrected chi connectivity index (χ1v) is 11.4. The second-order valence-corrected chi connectivity index (χ2v) is 9.29. The number of nitrogens with one attached hydrogen (secondary N) is 1. The molecule has 1 aliphatic carbocycles. The van der Waals surface area contributed by atoms with Crippen molar-refractivity contribution in [2.45, 2.75) is 26.2 Å². The van der Waals surface area contributed by atoms with Crippen molar-refractivity contribution in [2.24, 2.45) is 17.8 Å². The summed E-state index contributed by atoms with van der Waals surface area (Å²) >= 11 is 11.9. The maximum atomic E-state index is 12.9. The standard InChI is InChI=1S/C24H22Cl2N2O5/c1-13-5-7-17-18(9-13)23(31)28(22(17)30)16-4-2-3-14(10-16)24(32)33-12-21(29)27-20-8-6-15(25)11-19(20)26/h2-4,6,8,10-11,13,17-18H,5,7,9,12H2,1H3,(H,27,29)/t13-,17+,18+/m1/s1. The summed E-state index contributed by atoms with van der Waals surface area (Å²) < 4.78 is 5.10. The van der Waals surface area contributed by atoms with Crippen molar-refractivity contribution in [2.75, 3.05) is 16.8 Å². The quantitative estimate of drug-likeness (QED) is 0.485. The second kappa shape index (κ2) is 9.53. The van der Waals surface area contributed by atoms with E-state index in [1.807, 2.05) is 0 Å². The molecule has 3 amide bonds. The van der Waals surface area contributed by atoms with E-state index in [9.17, 15) is 19.2 Å². The van der Waals surface area contributed by atoms with E-state index in [0.717, 1.165) is 6.42 Å². The number of halogens is 2. The van der Waals surface area contributed by atoms with Crippen LogP contribution in [-0.4, -0.2) is 30.3 Å². The first-order valence-electron chi connectivity index (χ1n) is 10.6. The summed E-state index contributed by atoms with van der Waals surface area (Å²) in [5.41, 5.74) is 0.804. The Hall–Kier alpha value is -2.90. The predicted octanol–water partition coefficient (Wildman–Crippen LogP) is 4.71. The maximum Gasteiger partial charge on any atom is 0.338 e. The number of hydrogen-bond acceptors (Lipinski definition) is 5. The van der Waals surface area contributed by atoms with Gasteiger partial charge in [-0.25, -0.2) is 4.79 Å². The number of amides is 3. The van der Waals surface area contributed by atoms with Crippen LogP contribution in [0.1, 0.15) is 36.5 Å². The fourth-order valence-corrected chi connectivity index (χ4v) is 4.86. The van der Waals surface area contributed by atoms with Gasteiger partial charge in [-0.1, -0.05) is 36.2 Å². The smallest absolute Gasteiger partial charge is 0.338 e. The fraction of sp³-hybridized carbons (Fsp3) is 0.333. The molecule has 4 rings (SSSR count). The Balaban J connectivity index is 1.41. The summed E-state index contributed by atoms with van der Waals surface area (Å²) in [5.74, 6) is -1.97. The number of benzene rings is 2. The Morgan fingerprint density at radius 2 is 1.82 bits per heavy atom. The van der Waals surface area contributed by atoms with Crippen LogP contribution in [0.5, 0.6) is 0 Å². The minimum Gasteiger partial charge on any atom is -0.452 e. The molecule has 1 heterocycles. The Morgan fingerprint density at radius 3 is 2.58 bits per heavy atom. The van der Waals surface area contributed by atoms with Crippen molar-refractivity contribution in [3.63, 3.8) is 0 Å². The minimum absolute atomic E-state index is 0.133. The third-order valence-electron chi connectivity index (χ3n) is 6.07. The SMILES string of the molecule is C[C@@H]1CC[C@@H]2C(=O)N(c3cccc(C(=O)OCC(=O)Nc4ccc(Cl)cc4Cl)c3)C(=O)[C@H]2C1. The lowest BCUT2D eigenvalue weighted by Gasteiger charge is -2.25. The van der Waals surface area contributed by atoms with E-state index in [0.29, 0.717) is 35.2 Å². The van der Waals surface area contributed by atoms with Crippen molar-refractivity contribution in [1.29, 1.82) is 0 Å². The average molecular weight is 489 g/mol. The Labute approximate surface area is 201 Å². The molecular weight excluding hydrogens is 467 g/mol. The van der Waals surface area contributed by atoms with Gasteiger partial charge < -0.3 is 10.1 Å². The number of carbonyl (C=O) groups excluding carboxylic acids is 4. The summed E-state index contributed by atoms with van der Waals surface area (Å²) in [6, 6.07) is 10.7. The number of fused-ring (bicyclic) bond motifs is 1. The molecule has 1 saturated carbocycles. The van der Waals surface area contributed by atoms with Crippen LogP contribution in [0.3, 0.4) is 0 Å². The van der Waals surface area contributed by atoms with Gasteiger partial charge in [-0.05, 0) is 61.6 Å². The highest BCUT2D eigenvalue weighted by atomic mass is 35.5. The number of nitrogens with zero attached hydrogens (tertiary/aromatic N) is 1. The van der Waals surface area contributed by atoms with Gasteiger partial charge in [-0.15, -0.1) is 0 Å². The molecule has 0 unspecified atom stereocenters. The first kappa shape index (κ1) is 23.3. The lowest BCUT2D eigenvalue weighted by atomic mass is 9.76. The van der Waals surface area contributed by atoms with Crippen LogP contribution in [0.15, 0.2) is 42.5 Å². The van der Waals surface area contributed by atoms with E-state index in [4.69, 9.17) is 27.9 Å². The average Bonchev–Trinajstić information content (AvgIpc) is 3.03. The highest BCUT2D eigenvalue weighted by molar-refractivity contribution is 6.36. The molecule has 172 valence electrons. The van der Waals surface area contributed by atoms with Crippen LogP contribution in [0, 0.1) is 17.8 Å². The number of ether oxygens (including phenoxy) is 1. The van der Waals surface area contributed by atoms with Crippen molar-refractivity contribution in [3.05, 3.63) is 58.1 Å². The lowest BCUT2D eigenvalue weighted by molar-refractivity contribution is -0.122. The highest BCUT2D eigenvalue weighted by Crippen LogP contribution is 2.42. The number of rotatable bonds is 5. The molecule has 0 spiro atoms. The van der Waals surface area contributed by atoms with Gasteiger partial charge in [0, 0.05) is 5.02 Å². The molecule has 2 aromatic carbocycles. The zero-order chi connectivity index (χ0) is 23.7. The molecule has 2 fully saturated rings. The molecule has 0 bridgehead atoms. The molecule has 7 nitrogen and oxygen atoms in total. The fourth-order valence-electron chi connectivity index (χ4n) is 4.41. The predicted molar refractivity (Wildman–Crippen MR) is 124 cm³/mol. The van der Waals surface area contributed by atoms with Crippen LogP contribution < -0.4 is 10.2 Å². The number of hydrogen-bond donors (Lipinski definition) is 1. The Morgan fingerprint density at radius 1 is 1.06 bits per heavy atom. The van der Waals surface area contributed by atoms with Gasteiger partial charge in [0.1, 0.15) is 0 Å². The van der Waals surface area contributed by atoms with Crippen molar-refractivity contribution in [1.82, 2.24) is 0 Å². The molecule has 2 aliphatic rings. The third kappa shape index (κ3) is 4.89. The minimum atomic E-state index is -0.751. The number of imide groups is 1. The van der Waals surface area contributed by atoms with E-state index in [1.54, 1.807) is 18.2 Å². The molecule has 0 aromatic heterocycles. The third-order valence-corrected chi connectivity index (χ3v) is 6.62. The van der Waals surface area contributed by atoms with Crippen molar-refractivity contribution in [3.8, 4) is 0 Å². The molecule has 33 heavy (non-hydrogen) atoms. The number of anilines is 2. The molecule has 9 heteroatoms. The zero-order valence-electron chi connectivity index (χ0n) is 17.8. The summed E-state index contributed by atoms with van der Waals surface area (Å²) in [6.07, 6.45) is 2.31. The molecule has 1 aliphatic heterocycles. The summed E-state index contributed by atoms with van der Waals surface area (Å²) in [5, 5.41) is 3.22. The van der Waals surface area contributed by atoms with E-state index < -0.39 is 18.5 Å². The van der Waals surface area contributed by atoms with Crippen LogP contribution in [0.4, 0.5) is 11.4 Å². The van der Waals surface area contributed by atoms with Crippen LogP contribution in [-0.2, 0) is 19.1 Å². The van der Waals surface area contributed by atoms with Crippen LogP contribution in [0.2, 0.25) is 10.0 Å². The van der Waals surface area contributed by atoms with Gasteiger partial charge >= 0.3 is 5.97 Å². The van der Waals surface area contributed by atoms with Gasteiger partial charge in [0.2, 0.25) is 11.8 Å². The van der Waals surface area contributed by atoms with E-state index in [-0.39, 0.29) is 34.2 Å². The topological polar surface area (TPSA) is 92.8 Å². The molecule has 1 N–H and O–H groups in total. The molecule has 2 aromatic rings. The maximum absolute atomic E-state index is 12.9. The van der Waals surface area contributed by atoms with E-state index >= 15 is 0 Å². The van der Waals surface area contributed by atoms with Crippen molar-refractivity contribution >= 4 is 58.3 Å². The monoisotopic (exact) mass is 488 g/mol.